The van der Waals surface area contributed by atoms with Crippen LogP contribution in [0.1, 0.15) is 0 Å². The fraction of sp³-hybridized carbons (Fsp3) is 0.158. The molecule has 3 aromatic rings. The Bertz CT molecular complexity index is 1030. The number of amides is 1. The van der Waals surface area contributed by atoms with Crippen molar-refractivity contribution in [1.29, 1.82) is 0 Å². The van der Waals surface area contributed by atoms with Gasteiger partial charge in [-0.05, 0) is 24.3 Å². The summed E-state index contributed by atoms with van der Waals surface area (Å²) in [7, 11) is 1.25. The number of nitrogens with zero attached hydrogens (tertiary/aromatic N) is 2. The van der Waals surface area contributed by atoms with E-state index in [-0.39, 0.29) is 23.8 Å². The molecule has 8 heteroatoms. The van der Waals surface area contributed by atoms with E-state index in [1.54, 1.807) is 36.4 Å². The summed E-state index contributed by atoms with van der Waals surface area (Å²) < 4.78 is 5.97. The number of hydrogen-bond donors (Lipinski definition) is 1. The number of carbonyl (C=O) groups excluding carboxylic acids is 2. The predicted octanol–water partition coefficient (Wildman–Crippen LogP) is 1.77. The van der Waals surface area contributed by atoms with E-state index in [1.807, 2.05) is 18.2 Å². The number of methoxy groups -OCH3 is 1. The molecule has 3 rings (SSSR count). The van der Waals surface area contributed by atoms with E-state index in [9.17, 15) is 14.4 Å². The summed E-state index contributed by atoms with van der Waals surface area (Å²) in [6.45, 7) is -0.202. The molecule has 0 saturated carbocycles. The molecule has 7 nitrogen and oxygen atoms in total. The highest BCUT2D eigenvalue weighted by molar-refractivity contribution is 7.99. The molecule has 0 radical (unpaired) electrons. The number of para-hydroxylation sites is 2. The van der Waals surface area contributed by atoms with Crippen molar-refractivity contribution in [1.82, 2.24) is 14.9 Å². The highest BCUT2D eigenvalue weighted by atomic mass is 32.2. The minimum atomic E-state index is -0.529. The first-order chi connectivity index (χ1) is 13.1. The SMILES string of the molecule is COC(=O)CNC(=O)CSc1nc2ccccc2c(=O)n1-c1ccccc1. The fourth-order valence-electron chi connectivity index (χ4n) is 2.44. The predicted molar refractivity (Wildman–Crippen MR) is 103 cm³/mol. The third kappa shape index (κ3) is 4.35. The average Bonchev–Trinajstić information content (AvgIpc) is 2.71. The molecule has 0 fully saturated rings. The second-order valence-electron chi connectivity index (χ2n) is 5.53. The number of fused-ring (bicyclic) bond motifs is 1. The first-order valence-electron chi connectivity index (χ1n) is 8.13. The van der Waals surface area contributed by atoms with Gasteiger partial charge in [0.25, 0.3) is 5.56 Å². The van der Waals surface area contributed by atoms with Crippen LogP contribution in [0.15, 0.2) is 64.5 Å². The average molecular weight is 383 g/mol. The van der Waals surface area contributed by atoms with Crippen molar-refractivity contribution in [2.75, 3.05) is 19.4 Å². The highest BCUT2D eigenvalue weighted by Crippen LogP contribution is 2.21. The number of rotatable bonds is 6. The molecule has 0 aliphatic carbocycles. The smallest absolute Gasteiger partial charge is 0.325 e. The molecule has 0 bridgehead atoms. The molecule has 0 atom stereocenters. The van der Waals surface area contributed by atoms with Crippen molar-refractivity contribution in [2.45, 2.75) is 5.16 Å². The van der Waals surface area contributed by atoms with Crippen LogP contribution < -0.4 is 10.9 Å². The lowest BCUT2D eigenvalue weighted by atomic mass is 10.2. The number of carbonyl (C=O) groups is 2. The van der Waals surface area contributed by atoms with Crippen LogP contribution in [0.2, 0.25) is 0 Å². The quantitative estimate of drug-likeness (QED) is 0.396. The number of nitrogens with one attached hydrogen (secondary N) is 1. The van der Waals surface area contributed by atoms with Crippen LogP contribution in [0.5, 0.6) is 0 Å². The molecule has 27 heavy (non-hydrogen) atoms. The summed E-state index contributed by atoms with van der Waals surface area (Å²) in [5.74, 6) is -0.875. The molecule has 1 heterocycles. The molecular weight excluding hydrogens is 366 g/mol. The summed E-state index contributed by atoms with van der Waals surface area (Å²) in [6.07, 6.45) is 0. The van der Waals surface area contributed by atoms with Gasteiger partial charge in [0.15, 0.2) is 5.16 Å². The minimum absolute atomic E-state index is 0.00854. The van der Waals surface area contributed by atoms with Gasteiger partial charge >= 0.3 is 5.97 Å². The Morgan fingerprint density at radius 1 is 1.11 bits per heavy atom. The van der Waals surface area contributed by atoms with Crippen LogP contribution in [-0.2, 0) is 14.3 Å². The molecule has 0 unspecified atom stereocenters. The van der Waals surface area contributed by atoms with Gasteiger partial charge in [-0.15, -0.1) is 0 Å². The first kappa shape index (κ1) is 18.7. The van der Waals surface area contributed by atoms with E-state index >= 15 is 0 Å². The zero-order valence-electron chi connectivity index (χ0n) is 14.5. The lowest BCUT2D eigenvalue weighted by Crippen LogP contribution is -2.31. The van der Waals surface area contributed by atoms with E-state index < -0.39 is 5.97 Å². The molecule has 1 amide bonds. The van der Waals surface area contributed by atoms with E-state index in [0.29, 0.717) is 21.7 Å². The maximum Gasteiger partial charge on any atom is 0.325 e. The highest BCUT2D eigenvalue weighted by Gasteiger charge is 2.15. The molecule has 0 saturated heterocycles. The number of esters is 1. The topological polar surface area (TPSA) is 90.3 Å². The molecule has 0 aliphatic rings. The third-order valence-corrected chi connectivity index (χ3v) is 4.69. The van der Waals surface area contributed by atoms with Crippen molar-refractivity contribution < 1.29 is 14.3 Å². The van der Waals surface area contributed by atoms with E-state index in [4.69, 9.17) is 0 Å². The van der Waals surface area contributed by atoms with Crippen molar-refractivity contribution in [3.8, 4) is 5.69 Å². The van der Waals surface area contributed by atoms with E-state index in [2.05, 4.69) is 15.0 Å². The summed E-state index contributed by atoms with van der Waals surface area (Å²) in [4.78, 5) is 40.6. The van der Waals surface area contributed by atoms with Crippen LogP contribution in [0.25, 0.3) is 16.6 Å². The monoisotopic (exact) mass is 383 g/mol. The summed E-state index contributed by atoms with van der Waals surface area (Å²) in [5.41, 5.74) is 1.02. The van der Waals surface area contributed by atoms with Crippen molar-refractivity contribution in [3.05, 3.63) is 65.0 Å². The third-order valence-electron chi connectivity index (χ3n) is 3.75. The maximum atomic E-state index is 13.0. The number of ether oxygens (including phenoxy) is 1. The van der Waals surface area contributed by atoms with Crippen LogP contribution >= 0.6 is 11.8 Å². The number of hydrogen-bond acceptors (Lipinski definition) is 6. The van der Waals surface area contributed by atoms with Crippen LogP contribution in [0.3, 0.4) is 0 Å². The molecule has 0 aliphatic heterocycles. The Balaban J connectivity index is 1.93. The lowest BCUT2D eigenvalue weighted by Gasteiger charge is -2.13. The van der Waals surface area contributed by atoms with Crippen molar-refractivity contribution >= 4 is 34.5 Å². The standard InChI is InChI=1S/C19H17N3O4S/c1-26-17(24)11-20-16(23)12-27-19-21-15-10-6-5-9-14(15)18(25)22(19)13-7-3-2-4-8-13/h2-10H,11-12H2,1H3,(H,20,23). The largest absolute Gasteiger partial charge is 0.468 e. The molecule has 0 spiro atoms. The zero-order chi connectivity index (χ0) is 19.2. The molecular formula is C19H17N3O4S. The van der Waals surface area contributed by atoms with Gasteiger partial charge in [0.05, 0.1) is 29.5 Å². The zero-order valence-corrected chi connectivity index (χ0v) is 15.4. The normalized spacial score (nSPS) is 10.6. The Kier molecular flexibility index (Phi) is 5.87. The Morgan fingerprint density at radius 3 is 2.56 bits per heavy atom. The van der Waals surface area contributed by atoms with Gasteiger partial charge in [-0.25, -0.2) is 4.98 Å². The summed E-state index contributed by atoms with van der Waals surface area (Å²) >= 11 is 1.13. The molecule has 1 aromatic heterocycles. The molecule has 138 valence electrons. The van der Waals surface area contributed by atoms with Crippen LogP contribution in [-0.4, -0.2) is 40.8 Å². The lowest BCUT2D eigenvalue weighted by molar-refractivity contribution is -0.140. The fourth-order valence-corrected chi connectivity index (χ4v) is 3.28. The first-order valence-corrected chi connectivity index (χ1v) is 9.12. The van der Waals surface area contributed by atoms with E-state index in [1.165, 1.54) is 11.7 Å². The van der Waals surface area contributed by atoms with Gasteiger partial charge in [-0.3, -0.25) is 19.0 Å². The Labute approximate surface area is 159 Å². The van der Waals surface area contributed by atoms with Gasteiger partial charge in [-0.2, -0.15) is 0 Å². The minimum Gasteiger partial charge on any atom is -0.468 e. The van der Waals surface area contributed by atoms with Gasteiger partial charge in [-0.1, -0.05) is 42.1 Å². The summed E-state index contributed by atoms with van der Waals surface area (Å²) in [6, 6.07) is 16.2. The van der Waals surface area contributed by atoms with E-state index in [0.717, 1.165) is 11.8 Å². The van der Waals surface area contributed by atoms with Crippen LogP contribution in [0.4, 0.5) is 0 Å². The second-order valence-corrected chi connectivity index (χ2v) is 6.47. The maximum absolute atomic E-state index is 13.0. The van der Waals surface area contributed by atoms with Gasteiger partial charge in [0.1, 0.15) is 6.54 Å². The van der Waals surface area contributed by atoms with Crippen molar-refractivity contribution in [3.63, 3.8) is 0 Å². The number of benzene rings is 2. The molecule has 2 aromatic carbocycles. The van der Waals surface area contributed by atoms with Crippen LogP contribution in [0, 0.1) is 0 Å². The Hall–Kier alpha value is -3.13. The van der Waals surface area contributed by atoms with Gasteiger partial charge in [0, 0.05) is 0 Å². The Morgan fingerprint density at radius 2 is 1.81 bits per heavy atom. The number of aromatic nitrogens is 2. The summed E-state index contributed by atoms with van der Waals surface area (Å²) in [5, 5.41) is 3.37. The van der Waals surface area contributed by atoms with Gasteiger partial charge in [0.2, 0.25) is 5.91 Å². The second kappa shape index (κ2) is 8.50. The number of thioether (sulfide) groups is 1. The van der Waals surface area contributed by atoms with Crippen molar-refractivity contribution in [2.24, 2.45) is 0 Å². The van der Waals surface area contributed by atoms with Gasteiger partial charge < -0.3 is 10.1 Å². The molecule has 1 N–H and O–H groups in total.